The van der Waals surface area contributed by atoms with Gasteiger partial charge in [-0.25, -0.2) is 9.78 Å². The van der Waals surface area contributed by atoms with Gasteiger partial charge in [-0.1, -0.05) is 30.3 Å². The van der Waals surface area contributed by atoms with Gasteiger partial charge in [0, 0.05) is 24.3 Å². The Labute approximate surface area is 130 Å². The molecular weight excluding hydrogens is 278 g/mol. The minimum Gasteiger partial charge on any atom is -0.481 e. The number of aromatic nitrogens is 1. The Morgan fingerprint density at radius 1 is 1.27 bits per heavy atom. The molecule has 22 heavy (non-hydrogen) atoms. The molecule has 1 heterocycles. The van der Waals surface area contributed by atoms with Gasteiger partial charge >= 0.3 is 5.97 Å². The summed E-state index contributed by atoms with van der Waals surface area (Å²) in [7, 11) is 1.60. The standard InChI is InChI=1S/C18H19NO3/c1-3-22-17(20)10-9-15-12-16(18(21-2)19-13-15)11-14-7-5-4-6-8-14/h4-10,12-13H,3,11H2,1-2H3. The summed E-state index contributed by atoms with van der Waals surface area (Å²) in [6.07, 6.45) is 5.49. The van der Waals surface area contributed by atoms with Crippen LogP contribution in [0.15, 0.2) is 48.7 Å². The molecule has 114 valence electrons. The molecule has 0 unspecified atom stereocenters. The summed E-state index contributed by atoms with van der Waals surface area (Å²) >= 11 is 0. The highest BCUT2D eigenvalue weighted by Crippen LogP contribution is 2.20. The Hall–Kier alpha value is -2.62. The van der Waals surface area contributed by atoms with Crippen molar-refractivity contribution in [1.82, 2.24) is 4.98 Å². The second kappa shape index (κ2) is 7.98. The summed E-state index contributed by atoms with van der Waals surface area (Å²) in [5.41, 5.74) is 2.98. The van der Waals surface area contributed by atoms with Gasteiger partial charge in [0.2, 0.25) is 5.88 Å². The first-order chi connectivity index (χ1) is 10.7. The van der Waals surface area contributed by atoms with E-state index in [-0.39, 0.29) is 5.97 Å². The molecular formula is C18H19NO3. The number of pyridine rings is 1. The van der Waals surface area contributed by atoms with Crippen molar-refractivity contribution in [2.24, 2.45) is 0 Å². The van der Waals surface area contributed by atoms with Crippen LogP contribution in [0.4, 0.5) is 0 Å². The SMILES string of the molecule is CCOC(=O)C=Cc1cnc(OC)c(Cc2ccccc2)c1. The highest BCUT2D eigenvalue weighted by Gasteiger charge is 2.06. The van der Waals surface area contributed by atoms with E-state index in [0.717, 1.165) is 17.5 Å². The number of methoxy groups -OCH3 is 1. The topological polar surface area (TPSA) is 48.4 Å². The molecule has 0 aliphatic heterocycles. The molecule has 0 saturated heterocycles. The molecule has 0 saturated carbocycles. The van der Waals surface area contributed by atoms with Crippen LogP contribution in [0.5, 0.6) is 5.88 Å². The zero-order valence-corrected chi connectivity index (χ0v) is 12.8. The zero-order valence-electron chi connectivity index (χ0n) is 12.8. The third-order valence-corrected chi connectivity index (χ3v) is 3.08. The third-order valence-electron chi connectivity index (χ3n) is 3.08. The molecule has 0 amide bonds. The van der Waals surface area contributed by atoms with Crippen molar-refractivity contribution in [2.75, 3.05) is 13.7 Å². The summed E-state index contributed by atoms with van der Waals surface area (Å²) < 4.78 is 10.2. The second-order valence-electron chi connectivity index (χ2n) is 4.68. The molecule has 0 aliphatic rings. The molecule has 1 aromatic carbocycles. The molecule has 0 spiro atoms. The highest BCUT2D eigenvalue weighted by molar-refractivity contribution is 5.87. The van der Waals surface area contributed by atoms with E-state index in [1.807, 2.05) is 24.3 Å². The van der Waals surface area contributed by atoms with E-state index in [0.29, 0.717) is 12.5 Å². The Morgan fingerprint density at radius 3 is 2.73 bits per heavy atom. The summed E-state index contributed by atoms with van der Waals surface area (Å²) in [5.74, 6) is 0.236. The predicted octanol–water partition coefficient (Wildman–Crippen LogP) is 3.26. The minimum atomic E-state index is -0.358. The lowest BCUT2D eigenvalue weighted by atomic mass is 10.0. The maximum Gasteiger partial charge on any atom is 0.330 e. The molecule has 0 fully saturated rings. The first kappa shape index (κ1) is 15.8. The van der Waals surface area contributed by atoms with E-state index in [1.54, 1.807) is 26.3 Å². The second-order valence-corrected chi connectivity index (χ2v) is 4.68. The number of carbonyl (C=O) groups excluding carboxylic acids is 1. The third kappa shape index (κ3) is 4.45. The molecule has 0 radical (unpaired) electrons. The predicted molar refractivity (Wildman–Crippen MR) is 85.7 cm³/mol. The van der Waals surface area contributed by atoms with Crippen LogP contribution in [0.3, 0.4) is 0 Å². The van der Waals surface area contributed by atoms with Crippen molar-refractivity contribution in [3.05, 3.63) is 65.4 Å². The smallest absolute Gasteiger partial charge is 0.330 e. The molecule has 4 heteroatoms. The first-order valence-corrected chi connectivity index (χ1v) is 7.14. The van der Waals surface area contributed by atoms with E-state index in [1.165, 1.54) is 11.6 Å². The summed E-state index contributed by atoms with van der Waals surface area (Å²) in [5, 5.41) is 0. The van der Waals surface area contributed by atoms with E-state index in [4.69, 9.17) is 9.47 Å². The van der Waals surface area contributed by atoms with E-state index < -0.39 is 0 Å². The van der Waals surface area contributed by atoms with Gasteiger partial charge in [-0.2, -0.15) is 0 Å². The molecule has 0 N–H and O–H groups in total. The van der Waals surface area contributed by atoms with Crippen LogP contribution in [-0.4, -0.2) is 24.7 Å². The molecule has 2 rings (SSSR count). The largest absolute Gasteiger partial charge is 0.481 e. The maximum atomic E-state index is 11.4. The quantitative estimate of drug-likeness (QED) is 0.606. The van der Waals surface area contributed by atoms with Crippen LogP contribution in [0.1, 0.15) is 23.6 Å². The average molecular weight is 297 g/mol. The summed E-state index contributed by atoms with van der Waals surface area (Å²) in [6.45, 7) is 2.14. The molecule has 4 nitrogen and oxygen atoms in total. The van der Waals surface area contributed by atoms with Crippen molar-refractivity contribution in [3.8, 4) is 5.88 Å². The zero-order chi connectivity index (χ0) is 15.8. The maximum absolute atomic E-state index is 11.4. The number of hydrogen-bond donors (Lipinski definition) is 0. The fourth-order valence-electron chi connectivity index (χ4n) is 2.09. The fourth-order valence-corrected chi connectivity index (χ4v) is 2.09. The Kier molecular flexibility index (Phi) is 5.72. The van der Waals surface area contributed by atoms with Crippen molar-refractivity contribution in [2.45, 2.75) is 13.3 Å². The first-order valence-electron chi connectivity index (χ1n) is 7.14. The number of rotatable bonds is 6. The van der Waals surface area contributed by atoms with Crippen molar-refractivity contribution in [1.29, 1.82) is 0 Å². The van der Waals surface area contributed by atoms with Crippen molar-refractivity contribution < 1.29 is 14.3 Å². The van der Waals surface area contributed by atoms with Gasteiger partial charge in [-0.15, -0.1) is 0 Å². The van der Waals surface area contributed by atoms with Gasteiger partial charge in [-0.3, -0.25) is 0 Å². The van der Waals surface area contributed by atoms with Crippen LogP contribution < -0.4 is 4.74 Å². The fraction of sp³-hybridized carbons (Fsp3) is 0.222. The number of ether oxygens (including phenoxy) is 2. The molecule has 0 atom stereocenters. The highest BCUT2D eigenvalue weighted by atomic mass is 16.5. The van der Waals surface area contributed by atoms with Crippen LogP contribution in [0, 0.1) is 0 Å². The molecule has 1 aromatic heterocycles. The van der Waals surface area contributed by atoms with Crippen LogP contribution in [0.25, 0.3) is 6.08 Å². The van der Waals surface area contributed by atoms with Gasteiger partial charge in [-0.05, 0) is 30.2 Å². The minimum absolute atomic E-state index is 0.358. The van der Waals surface area contributed by atoms with Gasteiger partial charge in [0.1, 0.15) is 0 Å². The summed E-state index contributed by atoms with van der Waals surface area (Å²) in [4.78, 5) is 15.7. The monoisotopic (exact) mass is 297 g/mol. The number of nitrogens with zero attached hydrogens (tertiary/aromatic N) is 1. The van der Waals surface area contributed by atoms with E-state index in [9.17, 15) is 4.79 Å². The van der Waals surface area contributed by atoms with Gasteiger partial charge in [0.25, 0.3) is 0 Å². The van der Waals surface area contributed by atoms with Gasteiger partial charge in [0.05, 0.1) is 13.7 Å². The Morgan fingerprint density at radius 2 is 2.05 bits per heavy atom. The Bertz CT molecular complexity index is 651. The number of hydrogen-bond acceptors (Lipinski definition) is 4. The van der Waals surface area contributed by atoms with E-state index in [2.05, 4.69) is 17.1 Å². The van der Waals surface area contributed by atoms with Crippen molar-refractivity contribution in [3.63, 3.8) is 0 Å². The van der Waals surface area contributed by atoms with Gasteiger partial charge in [0.15, 0.2) is 0 Å². The van der Waals surface area contributed by atoms with Crippen molar-refractivity contribution >= 4 is 12.0 Å². The van der Waals surface area contributed by atoms with Crippen LogP contribution in [0.2, 0.25) is 0 Å². The normalized spacial score (nSPS) is 10.6. The molecule has 0 bridgehead atoms. The average Bonchev–Trinajstić information content (AvgIpc) is 2.54. The number of benzene rings is 1. The van der Waals surface area contributed by atoms with Crippen LogP contribution >= 0.6 is 0 Å². The lowest BCUT2D eigenvalue weighted by Gasteiger charge is -2.08. The molecule has 2 aromatic rings. The van der Waals surface area contributed by atoms with Crippen LogP contribution in [-0.2, 0) is 16.0 Å². The van der Waals surface area contributed by atoms with Gasteiger partial charge < -0.3 is 9.47 Å². The van der Waals surface area contributed by atoms with E-state index >= 15 is 0 Å². The lowest BCUT2D eigenvalue weighted by molar-refractivity contribution is -0.137. The molecule has 0 aliphatic carbocycles. The number of esters is 1. The summed E-state index contributed by atoms with van der Waals surface area (Å²) in [6, 6.07) is 12.1. The lowest BCUT2D eigenvalue weighted by Crippen LogP contribution is -1.99. The Balaban J connectivity index is 2.21. The number of carbonyl (C=O) groups is 1.